The van der Waals surface area contributed by atoms with Crippen molar-refractivity contribution >= 4 is 12.0 Å². The Balaban J connectivity index is 1.61. The summed E-state index contributed by atoms with van der Waals surface area (Å²) in [4.78, 5) is 24.9. The van der Waals surface area contributed by atoms with E-state index < -0.39 is 11.4 Å². The van der Waals surface area contributed by atoms with Gasteiger partial charge in [0.15, 0.2) is 0 Å². The number of ether oxygens (including phenoxy) is 1. The molecule has 1 aliphatic heterocycles. The Bertz CT molecular complexity index is 384. The Kier molecular flexibility index (Phi) is 5.45. The van der Waals surface area contributed by atoms with E-state index in [9.17, 15) is 14.7 Å². The van der Waals surface area contributed by atoms with E-state index in [1.165, 1.54) is 12.8 Å². The summed E-state index contributed by atoms with van der Waals surface area (Å²) in [6, 6.07) is -0.163. The molecule has 0 radical (unpaired) electrons. The Morgan fingerprint density at radius 1 is 1.43 bits per heavy atom. The van der Waals surface area contributed by atoms with E-state index in [1.54, 1.807) is 11.8 Å². The topological polar surface area (TPSA) is 78.9 Å². The van der Waals surface area contributed by atoms with Crippen LogP contribution in [0.25, 0.3) is 0 Å². The SMILES string of the molecule is CC1(C(=O)O)CCCN(C(=O)NCCCOCC2CC2)C1. The van der Waals surface area contributed by atoms with Gasteiger partial charge in [0.2, 0.25) is 0 Å². The minimum atomic E-state index is -0.825. The predicted molar refractivity (Wildman–Crippen MR) is 78.1 cm³/mol. The van der Waals surface area contributed by atoms with E-state index in [0.717, 1.165) is 25.4 Å². The molecule has 0 bridgehead atoms. The number of rotatable bonds is 7. The van der Waals surface area contributed by atoms with Gasteiger partial charge in [0.1, 0.15) is 0 Å². The summed E-state index contributed by atoms with van der Waals surface area (Å²) < 4.78 is 5.51. The number of hydrogen-bond donors (Lipinski definition) is 2. The maximum atomic E-state index is 12.0. The van der Waals surface area contributed by atoms with Crippen molar-refractivity contribution in [2.75, 3.05) is 32.8 Å². The first-order valence-corrected chi connectivity index (χ1v) is 7.85. The first-order chi connectivity index (χ1) is 10.0. The van der Waals surface area contributed by atoms with E-state index >= 15 is 0 Å². The summed E-state index contributed by atoms with van der Waals surface area (Å²) in [6.45, 7) is 4.71. The lowest BCUT2D eigenvalue weighted by Gasteiger charge is -2.37. The fraction of sp³-hybridized carbons (Fsp3) is 0.867. The monoisotopic (exact) mass is 298 g/mol. The maximum Gasteiger partial charge on any atom is 0.317 e. The average Bonchev–Trinajstić information content (AvgIpc) is 3.26. The fourth-order valence-corrected chi connectivity index (χ4v) is 2.60. The highest BCUT2D eigenvalue weighted by molar-refractivity contribution is 5.78. The third kappa shape index (κ3) is 4.88. The summed E-state index contributed by atoms with van der Waals surface area (Å²) in [5.41, 5.74) is -0.817. The fourth-order valence-electron chi connectivity index (χ4n) is 2.60. The molecule has 0 aromatic carbocycles. The van der Waals surface area contributed by atoms with Crippen LogP contribution in [-0.4, -0.2) is 54.9 Å². The summed E-state index contributed by atoms with van der Waals surface area (Å²) in [7, 11) is 0. The first-order valence-electron chi connectivity index (χ1n) is 7.85. The zero-order chi connectivity index (χ0) is 15.3. The largest absolute Gasteiger partial charge is 0.481 e. The number of aliphatic carboxylic acids is 1. The van der Waals surface area contributed by atoms with E-state index in [0.29, 0.717) is 26.1 Å². The average molecular weight is 298 g/mol. The highest BCUT2D eigenvalue weighted by atomic mass is 16.5. The van der Waals surface area contributed by atoms with Crippen LogP contribution in [0.3, 0.4) is 0 Å². The molecule has 1 aliphatic carbocycles. The van der Waals surface area contributed by atoms with E-state index in [2.05, 4.69) is 5.32 Å². The number of likely N-dealkylation sites (tertiary alicyclic amines) is 1. The third-order valence-electron chi connectivity index (χ3n) is 4.29. The lowest BCUT2D eigenvalue weighted by molar-refractivity contribution is -0.150. The molecular formula is C15H26N2O4. The van der Waals surface area contributed by atoms with Crippen molar-refractivity contribution in [3.8, 4) is 0 Å². The first kappa shape index (κ1) is 16.1. The molecule has 2 N–H and O–H groups in total. The number of hydrogen-bond acceptors (Lipinski definition) is 3. The molecule has 120 valence electrons. The molecule has 2 aliphatic rings. The van der Waals surface area contributed by atoms with Crippen molar-refractivity contribution < 1.29 is 19.4 Å². The van der Waals surface area contributed by atoms with Crippen LogP contribution >= 0.6 is 0 Å². The number of amides is 2. The summed E-state index contributed by atoms with van der Waals surface area (Å²) >= 11 is 0. The molecule has 6 nitrogen and oxygen atoms in total. The molecule has 1 atom stereocenters. The number of piperidine rings is 1. The molecule has 0 spiro atoms. The van der Waals surface area contributed by atoms with Crippen LogP contribution in [0.1, 0.15) is 39.0 Å². The molecule has 0 aromatic rings. The van der Waals surface area contributed by atoms with Gasteiger partial charge in [-0.3, -0.25) is 4.79 Å². The maximum absolute atomic E-state index is 12.0. The summed E-state index contributed by atoms with van der Waals surface area (Å²) in [5, 5.41) is 12.1. The number of urea groups is 1. The molecule has 2 fully saturated rings. The van der Waals surface area contributed by atoms with Crippen molar-refractivity contribution in [1.82, 2.24) is 10.2 Å². The van der Waals surface area contributed by atoms with Crippen molar-refractivity contribution in [2.24, 2.45) is 11.3 Å². The second kappa shape index (κ2) is 7.11. The second-order valence-corrected chi connectivity index (χ2v) is 6.49. The smallest absolute Gasteiger partial charge is 0.317 e. The molecule has 1 saturated carbocycles. The van der Waals surface area contributed by atoms with Crippen LogP contribution in [0, 0.1) is 11.3 Å². The molecule has 21 heavy (non-hydrogen) atoms. The highest BCUT2D eigenvalue weighted by Gasteiger charge is 2.39. The quantitative estimate of drug-likeness (QED) is 0.701. The Hall–Kier alpha value is -1.30. The number of carbonyl (C=O) groups is 2. The number of carboxylic acids is 1. The van der Waals surface area contributed by atoms with Gasteiger partial charge in [0.05, 0.1) is 5.41 Å². The van der Waals surface area contributed by atoms with Crippen molar-refractivity contribution in [3.05, 3.63) is 0 Å². The van der Waals surface area contributed by atoms with Gasteiger partial charge in [-0.1, -0.05) is 0 Å². The molecule has 2 amide bonds. The number of carboxylic acid groups (broad SMARTS) is 1. The van der Waals surface area contributed by atoms with Crippen molar-refractivity contribution in [3.63, 3.8) is 0 Å². The molecule has 2 rings (SSSR count). The number of carbonyl (C=O) groups excluding carboxylic acids is 1. The third-order valence-corrected chi connectivity index (χ3v) is 4.29. The Labute approximate surface area is 125 Å². The van der Waals surface area contributed by atoms with Gasteiger partial charge < -0.3 is 20.1 Å². The summed E-state index contributed by atoms with van der Waals surface area (Å²) in [5.74, 6) is -0.0601. The molecule has 0 aromatic heterocycles. The van der Waals surface area contributed by atoms with Gasteiger partial charge in [-0.05, 0) is 44.9 Å². The van der Waals surface area contributed by atoms with Crippen LogP contribution < -0.4 is 5.32 Å². The van der Waals surface area contributed by atoms with E-state index in [4.69, 9.17) is 4.74 Å². The van der Waals surface area contributed by atoms with Gasteiger partial charge in [0.25, 0.3) is 0 Å². The van der Waals surface area contributed by atoms with Crippen LogP contribution in [0.2, 0.25) is 0 Å². The Morgan fingerprint density at radius 2 is 2.19 bits per heavy atom. The zero-order valence-corrected chi connectivity index (χ0v) is 12.8. The molecule has 6 heteroatoms. The van der Waals surface area contributed by atoms with Gasteiger partial charge in [-0.15, -0.1) is 0 Å². The van der Waals surface area contributed by atoms with Gasteiger partial charge in [-0.2, -0.15) is 0 Å². The van der Waals surface area contributed by atoms with E-state index in [1.807, 2.05) is 0 Å². The van der Waals surface area contributed by atoms with Crippen molar-refractivity contribution in [1.29, 1.82) is 0 Å². The zero-order valence-electron chi connectivity index (χ0n) is 12.8. The molecular weight excluding hydrogens is 272 g/mol. The normalized spacial score (nSPS) is 25.7. The lowest BCUT2D eigenvalue weighted by Crippen LogP contribution is -2.51. The number of nitrogens with one attached hydrogen (secondary N) is 1. The second-order valence-electron chi connectivity index (χ2n) is 6.49. The predicted octanol–water partition coefficient (Wildman–Crippen LogP) is 1.70. The van der Waals surface area contributed by atoms with Crippen LogP contribution in [-0.2, 0) is 9.53 Å². The number of nitrogens with zero attached hydrogens (tertiary/aromatic N) is 1. The summed E-state index contributed by atoms with van der Waals surface area (Å²) in [6.07, 6.45) is 4.73. The minimum absolute atomic E-state index is 0.163. The van der Waals surface area contributed by atoms with Gasteiger partial charge >= 0.3 is 12.0 Å². The molecule has 1 unspecified atom stereocenters. The molecule has 1 saturated heterocycles. The lowest BCUT2D eigenvalue weighted by atomic mass is 9.82. The molecule has 1 heterocycles. The highest BCUT2D eigenvalue weighted by Crippen LogP contribution is 2.30. The van der Waals surface area contributed by atoms with Crippen LogP contribution in [0.4, 0.5) is 4.79 Å². The van der Waals surface area contributed by atoms with Crippen LogP contribution in [0.5, 0.6) is 0 Å². The van der Waals surface area contributed by atoms with Gasteiger partial charge in [-0.25, -0.2) is 4.79 Å². The minimum Gasteiger partial charge on any atom is -0.481 e. The standard InChI is InChI=1S/C15H26N2O4/c1-15(13(18)19)6-2-8-17(11-15)14(20)16-7-3-9-21-10-12-4-5-12/h12H,2-11H2,1H3,(H,16,20)(H,18,19). The van der Waals surface area contributed by atoms with Crippen molar-refractivity contribution in [2.45, 2.75) is 39.0 Å². The Morgan fingerprint density at radius 3 is 2.86 bits per heavy atom. The van der Waals surface area contributed by atoms with Gasteiger partial charge in [0, 0.05) is 32.8 Å². The van der Waals surface area contributed by atoms with E-state index in [-0.39, 0.29) is 12.6 Å². The van der Waals surface area contributed by atoms with Crippen LogP contribution in [0.15, 0.2) is 0 Å².